The second kappa shape index (κ2) is 6.60. The monoisotopic (exact) mass is 282 g/mol. The Morgan fingerprint density at radius 3 is 2.89 bits per heavy atom. The van der Waals surface area contributed by atoms with Gasteiger partial charge in [0.25, 0.3) is 0 Å². The van der Waals surface area contributed by atoms with Crippen LogP contribution in [0.4, 0.5) is 0 Å². The zero-order valence-electron chi connectivity index (χ0n) is 11.7. The van der Waals surface area contributed by atoms with Gasteiger partial charge < -0.3 is 10.5 Å². The van der Waals surface area contributed by atoms with Crippen LogP contribution in [-0.2, 0) is 0 Å². The number of likely N-dealkylation sites (tertiary alicyclic amines) is 1. The van der Waals surface area contributed by atoms with Gasteiger partial charge in [0.15, 0.2) is 0 Å². The number of rotatable bonds is 5. The topological polar surface area (TPSA) is 38.5 Å². The van der Waals surface area contributed by atoms with Gasteiger partial charge in [-0.05, 0) is 50.5 Å². The van der Waals surface area contributed by atoms with Crippen molar-refractivity contribution in [3.05, 3.63) is 28.8 Å². The van der Waals surface area contributed by atoms with E-state index in [2.05, 4.69) is 11.8 Å². The summed E-state index contributed by atoms with van der Waals surface area (Å²) in [6.45, 7) is 5.07. The van der Waals surface area contributed by atoms with Crippen molar-refractivity contribution in [2.75, 3.05) is 26.7 Å². The van der Waals surface area contributed by atoms with Gasteiger partial charge in [0.05, 0.1) is 7.11 Å². The summed E-state index contributed by atoms with van der Waals surface area (Å²) in [7, 11) is 1.70. The van der Waals surface area contributed by atoms with E-state index in [1.54, 1.807) is 7.11 Å². The molecule has 1 aromatic rings. The van der Waals surface area contributed by atoms with Gasteiger partial charge in [0.1, 0.15) is 5.75 Å². The lowest BCUT2D eigenvalue weighted by molar-refractivity contribution is 0.225. The number of hydrogen-bond acceptors (Lipinski definition) is 3. The number of methoxy groups -OCH3 is 1. The molecule has 0 amide bonds. The van der Waals surface area contributed by atoms with Gasteiger partial charge in [-0.25, -0.2) is 0 Å². The standard InChI is InChI=1S/C15H23ClN2O/c1-3-8-18-9-7-11(10-17)15(18)14-12(16)5-4-6-13(14)19-2/h4-6,11,15H,3,7-10,17H2,1-2H3. The molecule has 0 radical (unpaired) electrons. The minimum absolute atomic E-state index is 0.286. The largest absolute Gasteiger partial charge is 0.496 e. The van der Waals surface area contributed by atoms with Gasteiger partial charge in [-0.15, -0.1) is 0 Å². The number of nitrogens with zero attached hydrogens (tertiary/aromatic N) is 1. The van der Waals surface area contributed by atoms with Crippen LogP contribution in [-0.4, -0.2) is 31.6 Å². The van der Waals surface area contributed by atoms with Crippen LogP contribution in [0.1, 0.15) is 31.4 Å². The van der Waals surface area contributed by atoms with Crippen molar-refractivity contribution < 1.29 is 4.74 Å². The van der Waals surface area contributed by atoms with Crippen molar-refractivity contribution in [1.82, 2.24) is 4.90 Å². The molecule has 1 fully saturated rings. The number of halogens is 1. The summed E-state index contributed by atoms with van der Waals surface area (Å²) < 4.78 is 5.51. The Morgan fingerprint density at radius 2 is 2.26 bits per heavy atom. The third-order valence-corrected chi connectivity index (χ3v) is 4.30. The highest BCUT2D eigenvalue weighted by atomic mass is 35.5. The van der Waals surface area contributed by atoms with E-state index in [-0.39, 0.29) is 6.04 Å². The van der Waals surface area contributed by atoms with Crippen LogP contribution in [0.2, 0.25) is 5.02 Å². The molecule has 2 N–H and O–H groups in total. The third-order valence-electron chi connectivity index (χ3n) is 3.97. The van der Waals surface area contributed by atoms with Crippen LogP contribution in [0.3, 0.4) is 0 Å². The third kappa shape index (κ3) is 2.88. The van der Waals surface area contributed by atoms with E-state index in [9.17, 15) is 0 Å². The van der Waals surface area contributed by atoms with Gasteiger partial charge in [-0.2, -0.15) is 0 Å². The number of benzene rings is 1. The normalized spacial score (nSPS) is 23.8. The van der Waals surface area contributed by atoms with Gasteiger partial charge in [0, 0.05) is 16.6 Å². The second-order valence-electron chi connectivity index (χ2n) is 5.12. The predicted molar refractivity (Wildman–Crippen MR) is 79.8 cm³/mol. The highest BCUT2D eigenvalue weighted by molar-refractivity contribution is 6.31. The first-order chi connectivity index (χ1) is 9.22. The molecular weight excluding hydrogens is 260 g/mol. The van der Waals surface area contributed by atoms with Crippen LogP contribution in [0.25, 0.3) is 0 Å². The van der Waals surface area contributed by atoms with Crippen molar-refractivity contribution in [1.29, 1.82) is 0 Å². The molecule has 0 aliphatic carbocycles. The molecule has 3 nitrogen and oxygen atoms in total. The molecular formula is C15H23ClN2O. The van der Waals surface area contributed by atoms with Crippen molar-refractivity contribution in [2.45, 2.75) is 25.8 Å². The molecule has 4 heteroatoms. The fourth-order valence-corrected chi connectivity index (χ4v) is 3.39. The number of ether oxygens (including phenoxy) is 1. The van der Waals surface area contributed by atoms with Crippen molar-refractivity contribution >= 4 is 11.6 Å². The summed E-state index contributed by atoms with van der Waals surface area (Å²) in [6.07, 6.45) is 2.27. The molecule has 0 saturated carbocycles. The molecule has 2 unspecified atom stereocenters. The van der Waals surface area contributed by atoms with Crippen LogP contribution >= 0.6 is 11.6 Å². The molecule has 2 rings (SSSR count). The molecule has 0 bridgehead atoms. The highest BCUT2D eigenvalue weighted by Crippen LogP contribution is 2.43. The van der Waals surface area contributed by atoms with Crippen molar-refractivity contribution in [3.8, 4) is 5.75 Å². The summed E-state index contributed by atoms with van der Waals surface area (Å²) in [5.74, 6) is 1.33. The molecule has 106 valence electrons. The average Bonchev–Trinajstić information content (AvgIpc) is 2.81. The van der Waals surface area contributed by atoms with Gasteiger partial charge in [-0.3, -0.25) is 4.90 Å². The van der Waals surface area contributed by atoms with Crippen LogP contribution in [0.15, 0.2) is 18.2 Å². The molecule has 1 saturated heterocycles. The Labute approximate surface area is 120 Å². The zero-order valence-corrected chi connectivity index (χ0v) is 12.5. The smallest absolute Gasteiger partial charge is 0.125 e. The van der Waals surface area contributed by atoms with E-state index in [0.29, 0.717) is 12.5 Å². The van der Waals surface area contributed by atoms with Gasteiger partial charge >= 0.3 is 0 Å². The fraction of sp³-hybridized carbons (Fsp3) is 0.600. The first-order valence-electron chi connectivity index (χ1n) is 6.99. The van der Waals surface area contributed by atoms with E-state index in [4.69, 9.17) is 22.1 Å². The summed E-state index contributed by atoms with van der Waals surface area (Å²) >= 11 is 6.43. The van der Waals surface area contributed by atoms with E-state index in [1.807, 2.05) is 18.2 Å². The molecule has 1 aliphatic heterocycles. The number of hydrogen-bond donors (Lipinski definition) is 1. The van der Waals surface area contributed by atoms with E-state index in [0.717, 1.165) is 42.3 Å². The summed E-state index contributed by atoms with van der Waals surface area (Å²) in [4.78, 5) is 2.49. The Balaban J connectivity index is 2.40. The Morgan fingerprint density at radius 1 is 1.47 bits per heavy atom. The Kier molecular flexibility index (Phi) is 5.08. The highest BCUT2D eigenvalue weighted by Gasteiger charge is 2.36. The van der Waals surface area contributed by atoms with Crippen LogP contribution in [0, 0.1) is 5.92 Å². The van der Waals surface area contributed by atoms with Gasteiger partial charge in [0.2, 0.25) is 0 Å². The number of nitrogens with two attached hydrogens (primary N) is 1. The minimum Gasteiger partial charge on any atom is -0.496 e. The molecule has 19 heavy (non-hydrogen) atoms. The maximum absolute atomic E-state index is 6.43. The van der Waals surface area contributed by atoms with Crippen molar-refractivity contribution in [3.63, 3.8) is 0 Å². The van der Waals surface area contributed by atoms with Crippen LogP contribution in [0.5, 0.6) is 5.75 Å². The molecule has 0 aromatic heterocycles. The van der Waals surface area contributed by atoms with E-state index < -0.39 is 0 Å². The first kappa shape index (κ1) is 14.6. The Hall–Kier alpha value is -0.770. The fourth-order valence-electron chi connectivity index (χ4n) is 3.11. The van der Waals surface area contributed by atoms with Gasteiger partial charge in [-0.1, -0.05) is 24.6 Å². The minimum atomic E-state index is 0.286. The van der Waals surface area contributed by atoms with E-state index in [1.165, 1.54) is 0 Å². The molecule has 0 spiro atoms. The summed E-state index contributed by atoms with van der Waals surface area (Å²) in [6, 6.07) is 6.14. The maximum Gasteiger partial charge on any atom is 0.125 e. The average molecular weight is 283 g/mol. The summed E-state index contributed by atoms with van der Waals surface area (Å²) in [5.41, 5.74) is 7.06. The Bertz CT molecular complexity index is 425. The van der Waals surface area contributed by atoms with Crippen LogP contribution < -0.4 is 10.5 Å². The molecule has 2 atom stereocenters. The maximum atomic E-state index is 6.43. The SMILES string of the molecule is CCCN1CCC(CN)C1c1c(Cl)cccc1OC. The molecule has 1 aliphatic rings. The van der Waals surface area contributed by atoms with E-state index >= 15 is 0 Å². The lowest BCUT2D eigenvalue weighted by Gasteiger charge is -2.29. The lowest BCUT2D eigenvalue weighted by Crippen LogP contribution is -2.29. The lowest BCUT2D eigenvalue weighted by atomic mass is 9.93. The molecule has 1 aromatic carbocycles. The second-order valence-corrected chi connectivity index (χ2v) is 5.53. The predicted octanol–water partition coefficient (Wildman–Crippen LogP) is 3.08. The van der Waals surface area contributed by atoms with Crippen molar-refractivity contribution in [2.24, 2.45) is 11.7 Å². The molecule has 1 heterocycles. The quantitative estimate of drug-likeness (QED) is 0.902. The summed E-state index contributed by atoms with van der Waals surface area (Å²) in [5, 5.41) is 0.783. The first-order valence-corrected chi connectivity index (χ1v) is 7.37. The zero-order chi connectivity index (χ0) is 13.8.